The minimum atomic E-state index is -0.618. The van der Waals surface area contributed by atoms with Gasteiger partial charge in [0.15, 0.2) is 0 Å². The normalized spacial score (nSPS) is 14.7. The Kier molecular flexibility index (Phi) is 7.50. The lowest BCUT2D eigenvalue weighted by molar-refractivity contribution is 0.0834. The molecule has 0 radical (unpaired) electrons. The number of β-amino-alcohol motifs (C(OH)–C–C–N with tert-alkyl or cyclic N) is 1. The lowest BCUT2D eigenvalue weighted by atomic mass is 10.00. The summed E-state index contributed by atoms with van der Waals surface area (Å²) in [5.41, 5.74) is 2.69. The van der Waals surface area contributed by atoms with Crippen LogP contribution in [0.4, 0.5) is 0 Å². The Morgan fingerprint density at radius 2 is 1.88 bits per heavy atom. The van der Waals surface area contributed by atoms with Gasteiger partial charge in [0.05, 0.1) is 6.10 Å². The molecule has 0 spiro atoms. The van der Waals surface area contributed by atoms with Gasteiger partial charge in [-0.15, -0.1) is 0 Å². The highest BCUT2D eigenvalue weighted by atomic mass is 16.3. The first-order chi connectivity index (χ1) is 12.2. The summed E-state index contributed by atoms with van der Waals surface area (Å²) >= 11 is 0. The zero-order valence-electron chi connectivity index (χ0n) is 14.9. The van der Waals surface area contributed by atoms with Crippen LogP contribution in [-0.4, -0.2) is 51.6 Å². The fraction of sp³-hybridized carbons (Fsp3) is 0.421. The number of amides is 1. The Morgan fingerprint density at radius 1 is 1.20 bits per heavy atom. The van der Waals surface area contributed by atoms with Gasteiger partial charge in [-0.2, -0.15) is 0 Å². The second-order valence-electron chi connectivity index (χ2n) is 5.69. The molecule has 0 fully saturated rings. The number of nitrogens with zero attached hydrogens (tertiary/aromatic N) is 3. The maximum Gasteiger partial charge on any atom is 0.289 e. The van der Waals surface area contributed by atoms with Crippen LogP contribution in [0.2, 0.25) is 0 Å². The third kappa shape index (κ3) is 5.62. The zero-order valence-corrected chi connectivity index (χ0v) is 14.9. The number of hydrogen-bond acceptors (Lipinski definition) is 5. The van der Waals surface area contributed by atoms with Crippen LogP contribution in [0, 0.1) is 0 Å². The highest BCUT2D eigenvalue weighted by molar-refractivity contribution is 5.90. The van der Waals surface area contributed by atoms with Crippen molar-refractivity contribution in [3.8, 4) is 0 Å². The number of aromatic nitrogens is 2. The molecule has 2 heterocycles. The maximum absolute atomic E-state index is 11.8. The molecule has 0 saturated heterocycles. The van der Waals surface area contributed by atoms with Crippen molar-refractivity contribution in [1.82, 2.24) is 20.2 Å². The van der Waals surface area contributed by atoms with Crippen LogP contribution in [0.3, 0.4) is 0 Å². The van der Waals surface area contributed by atoms with Gasteiger partial charge in [-0.05, 0) is 23.6 Å². The zero-order chi connectivity index (χ0) is 18.1. The number of aliphatic hydroxyl groups is 1. The molecule has 1 aliphatic heterocycles. The molecule has 134 valence electrons. The summed E-state index contributed by atoms with van der Waals surface area (Å²) in [4.78, 5) is 21.8. The summed E-state index contributed by atoms with van der Waals surface area (Å²) < 4.78 is 0. The molecule has 1 aliphatic rings. The van der Waals surface area contributed by atoms with Gasteiger partial charge in [-0.25, -0.2) is 9.97 Å². The molecule has 0 aliphatic carbocycles. The van der Waals surface area contributed by atoms with Crippen molar-refractivity contribution in [3.05, 3.63) is 59.7 Å². The number of benzene rings is 1. The Balaban J connectivity index is 0.00000109. The Labute approximate surface area is 148 Å². The molecule has 25 heavy (non-hydrogen) atoms. The number of fused-ring (bicyclic) bond motifs is 1. The topological polar surface area (TPSA) is 78.4 Å². The number of carbonyl (C=O) groups excluding carboxylic acids is 1. The summed E-state index contributed by atoms with van der Waals surface area (Å²) in [5, 5.41) is 12.8. The van der Waals surface area contributed by atoms with E-state index in [9.17, 15) is 9.90 Å². The summed E-state index contributed by atoms with van der Waals surface area (Å²) in [7, 11) is 0. The van der Waals surface area contributed by atoms with Gasteiger partial charge in [0.1, 0.15) is 0 Å². The van der Waals surface area contributed by atoms with Crippen LogP contribution in [-0.2, 0) is 13.0 Å². The fourth-order valence-corrected chi connectivity index (χ4v) is 2.78. The molecule has 6 nitrogen and oxygen atoms in total. The molecule has 2 N–H and O–H groups in total. The number of hydrogen-bond donors (Lipinski definition) is 2. The first kappa shape index (κ1) is 19.0. The molecular formula is C19H26N4O2. The highest BCUT2D eigenvalue weighted by Gasteiger charge is 2.19. The quantitative estimate of drug-likeness (QED) is 0.864. The van der Waals surface area contributed by atoms with Crippen molar-refractivity contribution in [2.45, 2.75) is 32.9 Å². The van der Waals surface area contributed by atoms with E-state index in [0.29, 0.717) is 6.54 Å². The van der Waals surface area contributed by atoms with Crippen molar-refractivity contribution in [1.29, 1.82) is 0 Å². The van der Waals surface area contributed by atoms with E-state index in [1.54, 1.807) is 6.07 Å². The third-order valence-electron chi connectivity index (χ3n) is 3.95. The summed E-state index contributed by atoms with van der Waals surface area (Å²) in [6.07, 6.45) is 3.41. The highest BCUT2D eigenvalue weighted by Crippen LogP contribution is 2.18. The number of nitrogens with one attached hydrogen (secondary N) is 1. The molecule has 1 atom stereocenters. The summed E-state index contributed by atoms with van der Waals surface area (Å²) in [5.74, 6) is -0.250. The molecule has 1 aromatic carbocycles. The number of aliphatic hydroxyl groups excluding tert-OH is 1. The fourth-order valence-electron chi connectivity index (χ4n) is 2.78. The van der Waals surface area contributed by atoms with Crippen molar-refractivity contribution in [2.24, 2.45) is 0 Å². The van der Waals surface area contributed by atoms with E-state index >= 15 is 0 Å². The molecule has 1 amide bonds. The number of rotatable bonds is 5. The summed E-state index contributed by atoms with van der Waals surface area (Å²) in [6, 6.07) is 10.0. The van der Waals surface area contributed by atoms with Gasteiger partial charge in [0.25, 0.3) is 5.91 Å². The number of carbonyl (C=O) groups is 1. The molecule has 6 heteroatoms. The average molecular weight is 342 g/mol. The van der Waals surface area contributed by atoms with E-state index in [0.717, 1.165) is 19.5 Å². The average Bonchev–Trinajstić information content (AvgIpc) is 2.68. The summed E-state index contributed by atoms with van der Waals surface area (Å²) in [6.45, 7) is 6.48. The van der Waals surface area contributed by atoms with E-state index in [4.69, 9.17) is 0 Å². The minimum absolute atomic E-state index is 0.117. The molecule has 0 bridgehead atoms. The van der Waals surface area contributed by atoms with Crippen molar-refractivity contribution in [2.75, 3.05) is 19.6 Å². The standard InChI is InChI=1S/C17H20N4O2.C2H6/c22-15(10-20-17(23)16-18-7-3-8-19-16)12-21-9-6-13-4-1-2-5-14(13)11-21;1-2/h1-5,7-8,15,22H,6,9-12H2,(H,20,23);1-2H3/t15-;/m1./s1. The molecule has 3 rings (SSSR count). The second kappa shape index (κ2) is 9.86. The second-order valence-corrected chi connectivity index (χ2v) is 5.69. The first-order valence-corrected chi connectivity index (χ1v) is 8.75. The van der Waals surface area contributed by atoms with Crippen molar-refractivity contribution in [3.63, 3.8) is 0 Å². The van der Waals surface area contributed by atoms with Gasteiger partial charge in [-0.1, -0.05) is 38.1 Å². The van der Waals surface area contributed by atoms with Crippen molar-refractivity contribution >= 4 is 5.91 Å². The molecule has 2 aromatic rings. The van der Waals surface area contributed by atoms with Gasteiger partial charge in [-0.3, -0.25) is 9.69 Å². The van der Waals surface area contributed by atoms with Gasteiger partial charge in [0, 0.05) is 38.6 Å². The molecular weight excluding hydrogens is 316 g/mol. The van der Waals surface area contributed by atoms with E-state index in [2.05, 4.69) is 38.4 Å². The third-order valence-corrected chi connectivity index (χ3v) is 3.95. The monoisotopic (exact) mass is 342 g/mol. The molecule has 0 saturated carbocycles. The van der Waals surface area contributed by atoms with Gasteiger partial charge in [0.2, 0.25) is 5.82 Å². The largest absolute Gasteiger partial charge is 0.390 e. The van der Waals surface area contributed by atoms with Crippen LogP contribution in [0.5, 0.6) is 0 Å². The van der Waals surface area contributed by atoms with Crippen LogP contribution in [0.15, 0.2) is 42.7 Å². The van der Waals surface area contributed by atoms with E-state index in [-0.39, 0.29) is 18.3 Å². The predicted molar refractivity (Wildman–Crippen MR) is 97.1 cm³/mol. The van der Waals surface area contributed by atoms with Crippen LogP contribution < -0.4 is 5.32 Å². The molecule has 1 aromatic heterocycles. The lowest BCUT2D eigenvalue weighted by Gasteiger charge is -2.30. The van der Waals surface area contributed by atoms with Crippen LogP contribution in [0.25, 0.3) is 0 Å². The van der Waals surface area contributed by atoms with Crippen molar-refractivity contribution < 1.29 is 9.90 Å². The predicted octanol–water partition coefficient (Wildman–Crippen LogP) is 1.65. The van der Waals surface area contributed by atoms with E-state index in [1.165, 1.54) is 23.5 Å². The smallest absolute Gasteiger partial charge is 0.289 e. The van der Waals surface area contributed by atoms with Crippen LogP contribution >= 0.6 is 0 Å². The SMILES string of the molecule is CC.O=C(NC[C@@H](O)CN1CCc2ccccc2C1)c1ncccn1. The van der Waals surface area contributed by atoms with E-state index in [1.807, 2.05) is 19.9 Å². The van der Waals surface area contributed by atoms with Gasteiger partial charge >= 0.3 is 0 Å². The minimum Gasteiger partial charge on any atom is -0.390 e. The van der Waals surface area contributed by atoms with Crippen LogP contribution in [0.1, 0.15) is 35.6 Å². The Bertz CT molecular complexity index is 663. The van der Waals surface area contributed by atoms with Gasteiger partial charge < -0.3 is 10.4 Å². The van der Waals surface area contributed by atoms with E-state index < -0.39 is 6.10 Å². The Hall–Kier alpha value is -2.31. The lowest BCUT2D eigenvalue weighted by Crippen LogP contribution is -2.42. The maximum atomic E-state index is 11.8. The Morgan fingerprint density at radius 3 is 2.60 bits per heavy atom. The first-order valence-electron chi connectivity index (χ1n) is 8.75. The molecule has 0 unspecified atom stereocenters.